The summed E-state index contributed by atoms with van der Waals surface area (Å²) in [6.45, 7) is 2.03. The Balaban J connectivity index is 2.27. The fraction of sp³-hybridized carbons (Fsp3) is 0.100. The number of aromatic nitrogens is 5. The van der Waals surface area contributed by atoms with Gasteiger partial charge in [-0.2, -0.15) is 15.4 Å². The maximum atomic E-state index is 4.50. The number of rotatable bonds is 1. The summed E-state index contributed by atoms with van der Waals surface area (Å²) in [4.78, 5) is 7.71. The number of hydrogen-bond acceptors (Lipinski definition) is 3. The number of hydrogen-bond donors (Lipinski definition) is 2. The molecule has 1 aromatic carbocycles. The lowest BCUT2D eigenvalue weighted by Gasteiger charge is -1.94. The summed E-state index contributed by atoms with van der Waals surface area (Å²) < 4.78 is 1.04. The number of benzene rings is 1. The summed E-state index contributed by atoms with van der Waals surface area (Å²) in [7, 11) is 0. The smallest absolute Gasteiger partial charge is 0.160 e. The average Bonchev–Trinajstić information content (AvgIpc) is 2.82. The van der Waals surface area contributed by atoms with E-state index in [1.807, 2.05) is 19.1 Å². The third-order valence-electron chi connectivity index (χ3n) is 2.40. The van der Waals surface area contributed by atoms with E-state index in [9.17, 15) is 0 Å². The van der Waals surface area contributed by atoms with Gasteiger partial charge in [0.15, 0.2) is 5.82 Å². The second-order valence-corrected chi connectivity index (χ2v) is 4.48. The molecule has 2 N–H and O–H groups in total. The average molecular weight is 278 g/mol. The summed E-state index contributed by atoms with van der Waals surface area (Å²) in [6, 6.07) is 4.04. The van der Waals surface area contributed by atoms with Gasteiger partial charge in [0.1, 0.15) is 5.69 Å². The molecule has 2 aromatic heterocycles. The van der Waals surface area contributed by atoms with Crippen LogP contribution < -0.4 is 0 Å². The lowest BCUT2D eigenvalue weighted by atomic mass is 10.2. The van der Waals surface area contributed by atoms with Crippen LogP contribution in [0.15, 0.2) is 22.8 Å². The molecule has 3 aromatic rings. The van der Waals surface area contributed by atoms with Crippen molar-refractivity contribution < 1.29 is 0 Å². The Hall–Kier alpha value is -1.69. The van der Waals surface area contributed by atoms with Gasteiger partial charge < -0.3 is 4.98 Å². The second-order valence-electron chi connectivity index (χ2n) is 3.56. The van der Waals surface area contributed by atoms with Crippen LogP contribution in [0.5, 0.6) is 0 Å². The van der Waals surface area contributed by atoms with Gasteiger partial charge in [-0.25, -0.2) is 4.98 Å². The van der Waals surface area contributed by atoms with E-state index in [2.05, 4.69) is 41.3 Å². The summed E-state index contributed by atoms with van der Waals surface area (Å²) in [5.41, 5.74) is 3.79. The first-order valence-electron chi connectivity index (χ1n) is 4.76. The van der Waals surface area contributed by atoms with Crippen molar-refractivity contribution >= 4 is 27.0 Å². The van der Waals surface area contributed by atoms with Crippen LogP contribution in [0.2, 0.25) is 0 Å². The molecule has 0 bridgehead atoms. The second kappa shape index (κ2) is 3.41. The third-order valence-corrected chi connectivity index (χ3v) is 2.86. The van der Waals surface area contributed by atoms with Crippen LogP contribution >= 0.6 is 15.9 Å². The molecule has 0 saturated heterocycles. The van der Waals surface area contributed by atoms with E-state index < -0.39 is 0 Å². The first-order valence-corrected chi connectivity index (χ1v) is 5.55. The van der Waals surface area contributed by atoms with Gasteiger partial charge >= 0.3 is 0 Å². The number of imidazole rings is 1. The number of nitrogens with zero attached hydrogens (tertiary/aromatic N) is 3. The van der Waals surface area contributed by atoms with E-state index in [0.717, 1.165) is 26.9 Å². The van der Waals surface area contributed by atoms with E-state index >= 15 is 0 Å². The molecule has 0 unspecified atom stereocenters. The molecule has 0 atom stereocenters. The van der Waals surface area contributed by atoms with Crippen molar-refractivity contribution in [1.29, 1.82) is 0 Å². The standard InChI is InChI=1S/C10H8BrN5/c1-5-2-6(11)3-7-9(5)14-10(13-7)8-4-12-16-15-8/h2-4H,1H3,(H,13,14)(H,12,15,16). The first kappa shape index (κ1) is 9.53. The van der Waals surface area contributed by atoms with E-state index in [-0.39, 0.29) is 0 Å². The molecule has 0 fully saturated rings. The summed E-state index contributed by atoms with van der Waals surface area (Å²) >= 11 is 3.46. The molecule has 0 radical (unpaired) electrons. The van der Waals surface area contributed by atoms with E-state index in [1.54, 1.807) is 6.20 Å². The topological polar surface area (TPSA) is 70.2 Å². The van der Waals surface area contributed by atoms with Gasteiger partial charge in [-0.15, -0.1) is 0 Å². The molecule has 6 heteroatoms. The zero-order valence-electron chi connectivity index (χ0n) is 8.45. The maximum Gasteiger partial charge on any atom is 0.160 e. The highest BCUT2D eigenvalue weighted by molar-refractivity contribution is 9.10. The first-order chi connectivity index (χ1) is 7.74. The summed E-state index contributed by atoms with van der Waals surface area (Å²) in [5.74, 6) is 0.727. The molecule has 2 heterocycles. The van der Waals surface area contributed by atoms with Crippen molar-refractivity contribution in [2.75, 3.05) is 0 Å². The van der Waals surface area contributed by atoms with Crippen molar-refractivity contribution in [1.82, 2.24) is 25.4 Å². The van der Waals surface area contributed by atoms with Gasteiger partial charge in [0.05, 0.1) is 17.2 Å². The molecular weight excluding hydrogens is 270 g/mol. The summed E-state index contributed by atoms with van der Waals surface area (Å²) in [6.07, 6.45) is 1.64. The fourth-order valence-electron chi connectivity index (χ4n) is 1.68. The molecule has 0 aliphatic rings. The van der Waals surface area contributed by atoms with Crippen molar-refractivity contribution in [2.24, 2.45) is 0 Å². The predicted octanol–water partition coefficient (Wildman–Crippen LogP) is 2.42. The van der Waals surface area contributed by atoms with Gasteiger partial charge in [-0.05, 0) is 24.6 Å². The fourth-order valence-corrected chi connectivity index (χ4v) is 2.26. The van der Waals surface area contributed by atoms with Crippen LogP contribution in [0, 0.1) is 6.92 Å². The minimum absolute atomic E-state index is 0.715. The largest absolute Gasteiger partial charge is 0.336 e. The highest BCUT2D eigenvalue weighted by Gasteiger charge is 2.09. The molecular formula is C10H8BrN5. The number of aromatic amines is 2. The zero-order chi connectivity index (χ0) is 11.1. The lowest BCUT2D eigenvalue weighted by Crippen LogP contribution is -1.79. The van der Waals surface area contributed by atoms with Crippen LogP contribution in [0.3, 0.4) is 0 Å². The zero-order valence-corrected chi connectivity index (χ0v) is 10.0. The number of nitrogens with one attached hydrogen (secondary N) is 2. The number of halogens is 1. The lowest BCUT2D eigenvalue weighted by molar-refractivity contribution is 0.940. The molecule has 80 valence electrons. The maximum absolute atomic E-state index is 4.50. The Morgan fingerprint density at radius 3 is 2.94 bits per heavy atom. The number of H-pyrrole nitrogens is 2. The van der Waals surface area contributed by atoms with Crippen LogP contribution in [0.1, 0.15) is 5.56 Å². The quantitative estimate of drug-likeness (QED) is 0.718. The minimum Gasteiger partial charge on any atom is -0.336 e. The van der Waals surface area contributed by atoms with Gasteiger partial charge in [0.25, 0.3) is 0 Å². The molecule has 3 rings (SSSR count). The highest BCUT2D eigenvalue weighted by atomic mass is 79.9. The Morgan fingerprint density at radius 2 is 2.19 bits per heavy atom. The van der Waals surface area contributed by atoms with Crippen LogP contribution in [-0.2, 0) is 0 Å². The molecule has 5 nitrogen and oxygen atoms in total. The molecule has 0 amide bonds. The molecule has 0 saturated carbocycles. The van der Waals surface area contributed by atoms with Crippen LogP contribution in [-0.4, -0.2) is 25.4 Å². The summed E-state index contributed by atoms with van der Waals surface area (Å²) in [5, 5.41) is 10.3. The van der Waals surface area contributed by atoms with Crippen LogP contribution in [0.4, 0.5) is 0 Å². The highest BCUT2D eigenvalue weighted by Crippen LogP contribution is 2.24. The Morgan fingerprint density at radius 1 is 1.31 bits per heavy atom. The normalized spacial score (nSPS) is 11.1. The van der Waals surface area contributed by atoms with Gasteiger partial charge in [-0.3, -0.25) is 0 Å². The van der Waals surface area contributed by atoms with Crippen molar-refractivity contribution in [2.45, 2.75) is 6.92 Å². The Bertz CT molecular complexity index is 641. The molecule has 0 spiro atoms. The van der Waals surface area contributed by atoms with E-state index in [4.69, 9.17) is 0 Å². The SMILES string of the molecule is Cc1cc(Br)cc2[nH]c(-c3cn[nH]n3)nc12. The van der Waals surface area contributed by atoms with E-state index in [1.165, 1.54) is 0 Å². The minimum atomic E-state index is 0.715. The third kappa shape index (κ3) is 1.42. The molecule has 0 aliphatic heterocycles. The molecule has 0 aliphatic carbocycles. The molecule has 16 heavy (non-hydrogen) atoms. The Labute approximate surface area is 99.4 Å². The van der Waals surface area contributed by atoms with Crippen molar-refractivity contribution in [3.05, 3.63) is 28.4 Å². The van der Waals surface area contributed by atoms with Crippen molar-refractivity contribution in [3.63, 3.8) is 0 Å². The van der Waals surface area contributed by atoms with Gasteiger partial charge in [0, 0.05) is 4.47 Å². The van der Waals surface area contributed by atoms with Crippen LogP contribution in [0.25, 0.3) is 22.6 Å². The predicted molar refractivity (Wildman–Crippen MR) is 63.9 cm³/mol. The van der Waals surface area contributed by atoms with Crippen molar-refractivity contribution in [3.8, 4) is 11.5 Å². The number of fused-ring (bicyclic) bond motifs is 1. The van der Waals surface area contributed by atoms with Gasteiger partial charge in [-0.1, -0.05) is 15.9 Å². The van der Waals surface area contributed by atoms with E-state index in [0.29, 0.717) is 5.69 Å². The Kier molecular flexibility index (Phi) is 2.03. The van der Waals surface area contributed by atoms with Gasteiger partial charge in [0.2, 0.25) is 0 Å². The monoisotopic (exact) mass is 277 g/mol. The number of aryl methyl sites for hydroxylation is 1.